The maximum absolute atomic E-state index is 11.0. The molecule has 0 amide bonds. The lowest BCUT2D eigenvalue weighted by molar-refractivity contribution is -0.121. The molecule has 1 aliphatic carbocycles. The van der Waals surface area contributed by atoms with Crippen molar-refractivity contribution < 1.29 is 4.79 Å². The Bertz CT molecular complexity index is 129. The molecule has 1 saturated carbocycles. The summed E-state index contributed by atoms with van der Waals surface area (Å²) < 4.78 is 0. The quantitative estimate of drug-likeness (QED) is 0.611. The fourth-order valence-corrected chi connectivity index (χ4v) is 1.85. The van der Waals surface area contributed by atoms with Gasteiger partial charge in [-0.3, -0.25) is 4.79 Å². The summed E-state index contributed by atoms with van der Waals surface area (Å²) in [6.45, 7) is 2.21. The second-order valence-corrected chi connectivity index (χ2v) is 3.64. The fraction of sp³-hybridized carbons (Fsp3) is 0.900. The molecule has 1 heteroatoms. The largest absolute Gasteiger partial charge is 0.300 e. The Balaban J connectivity index is 2.17. The monoisotopic (exact) mass is 154 g/mol. The van der Waals surface area contributed by atoms with Crippen LogP contribution in [0.15, 0.2) is 0 Å². The van der Waals surface area contributed by atoms with Gasteiger partial charge >= 0.3 is 0 Å². The molecule has 0 aromatic carbocycles. The highest BCUT2D eigenvalue weighted by molar-refractivity contribution is 5.79. The summed E-state index contributed by atoms with van der Waals surface area (Å²) in [5, 5.41) is 0. The highest BCUT2D eigenvalue weighted by atomic mass is 16.1. The van der Waals surface area contributed by atoms with E-state index < -0.39 is 0 Å². The van der Waals surface area contributed by atoms with Crippen molar-refractivity contribution in [3.05, 3.63) is 0 Å². The van der Waals surface area contributed by atoms with E-state index in [0.29, 0.717) is 5.78 Å². The first-order valence-electron chi connectivity index (χ1n) is 4.84. The van der Waals surface area contributed by atoms with E-state index in [0.717, 1.165) is 25.2 Å². The average molecular weight is 154 g/mol. The third kappa shape index (κ3) is 3.04. The number of hydrogen-bond acceptors (Lipinski definition) is 1. The predicted molar refractivity (Wildman–Crippen MR) is 46.5 cm³/mol. The van der Waals surface area contributed by atoms with Gasteiger partial charge in [0.05, 0.1) is 0 Å². The van der Waals surface area contributed by atoms with Crippen molar-refractivity contribution in [1.82, 2.24) is 0 Å². The van der Waals surface area contributed by atoms with Crippen LogP contribution in [0.2, 0.25) is 0 Å². The Morgan fingerprint density at radius 3 is 3.00 bits per heavy atom. The van der Waals surface area contributed by atoms with Crippen molar-refractivity contribution in [3.63, 3.8) is 0 Å². The summed E-state index contributed by atoms with van der Waals surface area (Å²) in [5.41, 5.74) is 0. The first kappa shape index (κ1) is 8.76. The zero-order valence-corrected chi connectivity index (χ0v) is 7.44. The number of ketones is 1. The number of carbonyl (C=O) groups is 1. The van der Waals surface area contributed by atoms with Gasteiger partial charge in [0.25, 0.3) is 0 Å². The van der Waals surface area contributed by atoms with E-state index >= 15 is 0 Å². The minimum Gasteiger partial charge on any atom is -0.300 e. The van der Waals surface area contributed by atoms with Gasteiger partial charge in [-0.1, -0.05) is 26.2 Å². The van der Waals surface area contributed by atoms with Crippen molar-refractivity contribution in [2.75, 3.05) is 0 Å². The molecule has 64 valence electrons. The Kier molecular flexibility index (Phi) is 3.61. The molecule has 0 bridgehead atoms. The van der Waals surface area contributed by atoms with E-state index in [1.807, 2.05) is 0 Å². The number of hydrogen-bond donors (Lipinski definition) is 0. The van der Waals surface area contributed by atoms with Crippen molar-refractivity contribution in [3.8, 4) is 0 Å². The van der Waals surface area contributed by atoms with Crippen LogP contribution in [0.25, 0.3) is 0 Å². The van der Waals surface area contributed by atoms with Crippen LogP contribution in [-0.4, -0.2) is 5.78 Å². The molecule has 0 N–H and O–H groups in total. The van der Waals surface area contributed by atoms with Crippen LogP contribution in [0.3, 0.4) is 0 Å². The van der Waals surface area contributed by atoms with Crippen LogP contribution < -0.4 is 0 Å². The van der Waals surface area contributed by atoms with Crippen molar-refractivity contribution in [1.29, 1.82) is 0 Å². The highest BCUT2D eigenvalue weighted by Crippen LogP contribution is 2.25. The normalized spacial score (nSPS) is 25.5. The van der Waals surface area contributed by atoms with Gasteiger partial charge in [0.1, 0.15) is 5.78 Å². The average Bonchev–Trinajstić information content (AvgIpc) is 2.01. The summed E-state index contributed by atoms with van der Waals surface area (Å²) in [6.07, 6.45) is 8.02. The maximum atomic E-state index is 11.0. The van der Waals surface area contributed by atoms with Crippen molar-refractivity contribution in [2.24, 2.45) is 5.92 Å². The van der Waals surface area contributed by atoms with Gasteiger partial charge in [-0.05, 0) is 18.8 Å². The third-order valence-electron chi connectivity index (χ3n) is 2.55. The predicted octanol–water partition coefficient (Wildman–Crippen LogP) is 2.94. The molecule has 0 heterocycles. The SMILES string of the molecule is CCCC[C@H]1CCCC(=O)C1. The topological polar surface area (TPSA) is 17.1 Å². The summed E-state index contributed by atoms with van der Waals surface area (Å²) >= 11 is 0. The maximum Gasteiger partial charge on any atom is 0.133 e. The van der Waals surface area contributed by atoms with E-state index in [1.54, 1.807) is 0 Å². The van der Waals surface area contributed by atoms with Crippen LogP contribution in [-0.2, 0) is 4.79 Å². The second kappa shape index (κ2) is 4.53. The third-order valence-corrected chi connectivity index (χ3v) is 2.55. The summed E-state index contributed by atoms with van der Waals surface area (Å²) in [4.78, 5) is 11.0. The van der Waals surface area contributed by atoms with Gasteiger partial charge < -0.3 is 0 Å². The molecule has 0 radical (unpaired) electrons. The zero-order chi connectivity index (χ0) is 8.10. The van der Waals surface area contributed by atoms with Gasteiger partial charge in [0, 0.05) is 12.8 Å². The van der Waals surface area contributed by atoms with Crippen molar-refractivity contribution in [2.45, 2.75) is 51.9 Å². The molecule has 0 unspecified atom stereocenters. The van der Waals surface area contributed by atoms with Gasteiger partial charge in [0.15, 0.2) is 0 Å². The van der Waals surface area contributed by atoms with Crippen LogP contribution in [0, 0.1) is 5.92 Å². The minimum atomic E-state index is 0.498. The van der Waals surface area contributed by atoms with Gasteiger partial charge in [-0.2, -0.15) is 0 Å². The van der Waals surface area contributed by atoms with Crippen LogP contribution in [0.1, 0.15) is 51.9 Å². The Morgan fingerprint density at radius 2 is 2.36 bits per heavy atom. The first-order valence-corrected chi connectivity index (χ1v) is 4.84. The smallest absolute Gasteiger partial charge is 0.133 e. The molecule has 11 heavy (non-hydrogen) atoms. The first-order chi connectivity index (χ1) is 5.33. The van der Waals surface area contributed by atoms with Crippen LogP contribution in [0.5, 0.6) is 0 Å². The highest BCUT2D eigenvalue weighted by Gasteiger charge is 2.18. The van der Waals surface area contributed by atoms with E-state index in [1.165, 1.54) is 25.7 Å². The van der Waals surface area contributed by atoms with Gasteiger partial charge in [-0.15, -0.1) is 0 Å². The molecule has 1 atom stereocenters. The molecular weight excluding hydrogens is 136 g/mol. The van der Waals surface area contributed by atoms with Gasteiger partial charge in [-0.25, -0.2) is 0 Å². The van der Waals surface area contributed by atoms with E-state index in [4.69, 9.17) is 0 Å². The molecule has 0 aromatic heterocycles. The Labute approximate surface area is 69.2 Å². The molecule has 0 saturated heterocycles. The molecule has 1 rings (SSSR count). The molecular formula is C10H18O. The Hall–Kier alpha value is -0.330. The zero-order valence-electron chi connectivity index (χ0n) is 7.44. The van der Waals surface area contributed by atoms with E-state index in [2.05, 4.69) is 6.92 Å². The standard InChI is InChI=1S/C10H18O/c1-2-3-5-9-6-4-7-10(11)8-9/h9H,2-8H2,1H3/t9-/m0/s1. The summed E-state index contributed by atoms with van der Waals surface area (Å²) in [7, 11) is 0. The van der Waals surface area contributed by atoms with E-state index in [-0.39, 0.29) is 0 Å². The lowest BCUT2D eigenvalue weighted by Gasteiger charge is -2.19. The minimum absolute atomic E-state index is 0.498. The number of rotatable bonds is 3. The number of unbranched alkanes of at least 4 members (excludes halogenated alkanes) is 1. The van der Waals surface area contributed by atoms with E-state index in [9.17, 15) is 4.79 Å². The molecule has 0 spiro atoms. The lowest BCUT2D eigenvalue weighted by Crippen LogP contribution is -2.14. The Morgan fingerprint density at radius 1 is 1.55 bits per heavy atom. The fourth-order valence-electron chi connectivity index (χ4n) is 1.85. The molecule has 1 fully saturated rings. The van der Waals surface area contributed by atoms with Crippen molar-refractivity contribution >= 4 is 5.78 Å². The summed E-state index contributed by atoms with van der Waals surface area (Å²) in [6, 6.07) is 0. The number of Topliss-reactive ketones (excluding diaryl/α,β-unsaturated/α-hetero) is 1. The van der Waals surface area contributed by atoms with Crippen LogP contribution in [0.4, 0.5) is 0 Å². The molecule has 1 aliphatic rings. The number of carbonyl (C=O) groups excluding carboxylic acids is 1. The van der Waals surface area contributed by atoms with Crippen LogP contribution >= 0.6 is 0 Å². The summed E-state index contributed by atoms with van der Waals surface area (Å²) in [5.74, 6) is 1.23. The second-order valence-electron chi connectivity index (χ2n) is 3.64. The molecule has 0 aromatic rings. The molecule has 0 aliphatic heterocycles. The molecule has 1 nitrogen and oxygen atoms in total. The van der Waals surface area contributed by atoms with Gasteiger partial charge in [0.2, 0.25) is 0 Å². The lowest BCUT2D eigenvalue weighted by atomic mass is 9.85.